The minimum atomic E-state index is -3.49. The molecule has 1 amide bonds. The number of rotatable bonds is 7. The van der Waals surface area contributed by atoms with E-state index in [0.29, 0.717) is 11.3 Å². The summed E-state index contributed by atoms with van der Waals surface area (Å²) < 4.78 is 26.2. The monoisotopic (exact) mass is 436 g/mol. The van der Waals surface area contributed by atoms with Gasteiger partial charge in [0, 0.05) is 11.3 Å². The molecule has 0 radical (unpaired) electrons. The number of anilines is 2. The molecule has 0 saturated heterocycles. The van der Waals surface area contributed by atoms with Crippen LogP contribution in [0.1, 0.15) is 46.8 Å². The Morgan fingerprint density at radius 3 is 2.13 bits per heavy atom. The van der Waals surface area contributed by atoms with Crippen LogP contribution in [0.3, 0.4) is 0 Å². The molecule has 0 aliphatic rings. The number of carbonyl (C=O) groups excluding carboxylic acids is 1. The maximum Gasteiger partial charge on any atom is 0.255 e. The first-order chi connectivity index (χ1) is 14.6. The predicted molar refractivity (Wildman–Crippen MR) is 127 cm³/mol. The number of carbonyl (C=O) groups is 1. The quantitative estimate of drug-likeness (QED) is 0.544. The maximum absolute atomic E-state index is 12.7. The minimum Gasteiger partial charge on any atom is -0.322 e. The van der Waals surface area contributed by atoms with Crippen molar-refractivity contribution in [2.75, 3.05) is 15.9 Å². The molecule has 162 valence electrons. The van der Waals surface area contributed by atoms with Gasteiger partial charge in [-0.3, -0.25) is 9.10 Å². The topological polar surface area (TPSA) is 66.5 Å². The molecule has 0 spiro atoms. The lowest BCUT2D eigenvalue weighted by molar-refractivity contribution is 0.102. The molecule has 3 aromatic carbocycles. The van der Waals surface area contributed by atoms with E-state index in [-0.39, 0.29) is 18.4 Å². The van der Waals surface area contributed by atoms with Gasteiger partial charge < -0.3 is 5.32 Å². The Morgan fingerprint density at radius 1 is 0.935 bits per heavy atom. The molecule has 0 unspecified atom stereocenters. The van der Waals surface area contributed by atoms with Gasteiger partial charge in [-0.2, -0.15) is 0 Å². The zero-order valence-electron chi connectivity index (χ0n) is 18.3. The zero-order chi connectivity index (χ0) is 22.6. The summed E-state index contributed by atoms with van der Waals surface area (Å²) in [4.78, 5) is 12.7. The fourth-order valence-electron chi connectivity index (χ4n) is 3.35. The lowest BCUT2D eigenvalue weighted by Gasteiger charge is -2.23. The second kappa shape index (κ2) is 9.35. The number of hydrogen-bond donors (Lipinski definition) is 1. The van der Waals surface area contributed by atoms with E-state index in [1.807, 2.05) is 55.5 Å². The Morgan fingerprint density at radius 2 is 1.55 bits per heavy atom. The van der Waals surface area contributed by atoms with Crippen molar-refractivity contribution < 1.29 is 13.2 Å². The van der Waals surface area contributed by atoms with Gasteiger partial charge in [0.2, 0.25) is 10.0 Å². The van der Waals surface area contributed by atoms with Crippen LogP contribution in [0.5, 0.6) is 0 Å². The van der Waals surface area contributed by atoms with Crippen molar-refractivity contribution in [1.29, 1.82) is 0 Å². The molecule has 1 N–H and O–H groups in total. The van der Waals surface area contributed by atoms with Crippen LogP contribution in [-0.4, -0.2) is 20.6 Å². The Balaban J connectivity index is 1.81. The molecule has 0 aromatic heterocycles. The lowest BCUT2D eigenvalue weighted by Crippen LogP contribution is -2.29. The Kier molecular flexibility index (Phi) is 6.81. The number of sulfonamides is 1. The molecule has 0 heterocycles. The SMILES string of the molecule is Cc1ccc(CN(c2ccc(C(=O)Nc3ccccc3C(C)C)cc2)S(C)(=O)=O)cc1. The first-order valence-electron chi connectivity index (χ1n) is 10.2. The van der Waals surface area contributed by atoms with Crippen LogP contribution in [0.25, 0.3) is 0 Å². The van der Waals surface area contributed by atoms with E-state index in [1.54, 1.807) is 24.3 Å². The van der Waals surface area contributed by atoms with E-state index in [4.69, 9.17) is 0 Å². The first kappa shape index (κ1) is 22.6. The standard InChI is InChI=1S/C25H28N2O3S/c1-18(2)23-7-5-6-8-24(23)26-25(28)21-13-15-22(16-14-21)27(31(4,29)30)17-20-11-9-19(3)10-12-20/h5-16,18H,17H2,1-4H3,(H,26,28). The predicted octanol–water partition coefficient (Wildman–Crippen LogP) is 5.34. The van der Waals surface area contributed by atoms with Crippen LogP contribution < -0.4 is 9.62 Å². The fraction of sp³-hybridized carbons (Fsp3) is 0.240. The van der Waals surface area contributed by atoms with Crippen molar-refractivity contribution in [1.82, 2.24) is 0 Å². The molecule has 0 bridgehead atoms. The summed E-state index contributed by atoms with van der Waals surface area (Å²) in [6.07, 6.45) is 1.19. The van der Waals surface area contributed by atoms with Crippen LogP contribution in [-0.2, 0) is 16.6 Å². The van der Waals surface area contributed by atoms with Crippen LogP contribution in [0, 0.1) is 6.92 Å². The summed E-state index contributed by atoms with van der Waals surface area (Å²) in [5.41, 5.74) is 4.83. The zero-order valence-corrected chi connectivity index (χ0v) is 19.1. The molecule has 0 aliphatic heterocycles. The Bertz CT molecular complexity index is 1150. The number of aryl methyl sites for hydroxylation is 1. The molecule has 3 aromatic rings. The average molecular weight is 437 g/mol. The molecule has 0 aliphatic carbocycles. The van der Waals surface area contributed by atoms with E-state index >= 15 is 0 Å². The van der Waals surface area contributed by atoms with Crippen molar-refractivity contribution in [3.63, 3.8) is 0 Å². The van der Waals surface area contributed by atoms with Gasteiger partial charge in [0.15, 0.2) is 0 Å². The number of benzene rings is 3. The highest BCUT2D eigenvalue weighted by Crippen LogP contribution is 2.25. The van der Waals surface area contributed by atoms with Crippen LogP contribution >= 0.6 is 0 Å². The molecular weight excluding hydrogens is 408 g/mol. The van der Waals surface area contributed by atoms with Gasteiger partial charge in [0.25, 0.3) is 5.91 Å². The number of nitrogens with one attached hydrogen (secondary N) is 1. The normalized spacial score (nSPS) is 11.4. The van der Waals surface area contributed by atoms with Crippen molar-refractivity contribution in [3.8, 4) is 0 Å². The second-order valence-corrected chi connectivity index (χ2v) is 9.90. The van der Waals surface area contributed by atoms with Gasteiger partial charge in [0.05, 0.1) is 18.5 Å². The molecule has 31 heavy (non-hydrogen) atoms. The molecule has 6 heteroatoms. The smallest absolute Gasteiger partial charge is 0.255 e. The molecule has 0 saturated carbocycles. The van der Waals surface area contributed by atoms with Gasteiger partial charge in [-0.15, -0.1) is 0 Å². The van der Waals surface area contributed by atoms with E-state index in [1.165, 1.54) is 10.6 Å². The first-order valence-corrected chi connectivity index (χ1v) is 12.0. The Labute approximate surface area is 184 Å². The highest BCUT2D eigenvalue weighted by Gasteiger charge is 2.19. The third-order valence-corrected chi connectivity index (χ3v) is 6.24. The molecule has 3 rings (SSSR count). The minimum absolute atomic E-state index is 0.229. The lowest BCUT2D eigenvalue weighted by atomic mass is 10.0. The van der Waals surface area contributed by atoms with Gasteiger partial charge in [-0.05, 0) is 54.3 Å². The van der Waals surface area contributed by atoms with Gasteiger partial charge in [-0.1, -0.05) is 61.9 Å². The van der Waals surface area contributed by atoms with Gasteiger partial charge in [-0.25, -0.2) is 8.42 Å². The highest BCUT2D eigenvalue weighted by atomic mass is 32.2. The molecule has 5 nitrogen and oxygen atoms in total. The number of hydrogen-bond acceptors (Lipinski definition) is 3. The fourth-order valence-corrected chi connectivity index (χ4v) is 4.24. The number of amides is 1. The third-order valence-electron chi connectivity index (χ3n) is 5.10. The maximum atomic E-state index is 12.7. The average Bonchev–Trinajstić information content (AvgIpc) is 2.73. The van der Waals surface area contributed by atoms with Crippen LogP contribution in [0.2, 0.25) is 0 Å². The summed E-state index contributed by atoms with van der Waals surface area (Å²) in [6, 6.07) is 22.1. The molecule has 0 atom stereocenters. The van der Waals surface area contributed by atoms with Crippen molar-refractivity contribution in [3.05, 3.63) is 95.1 Å². The summed E-state index contributed by atoms with van der Waals surface area (Å²) in [7, 11) is -3.49. The number of nitrogens with zero attached hydrogens (tertiary/aromatic N) is 1. The van der Waals surface area contributed by atoms with Crippen LogP contribution in [0.4, 0.5) is 11.4 Å². The van der Waals surface area contributed by atoms with Gasteiger partial charge >= 0.3 is 0 Å². The van der Waals surface area contributed by atoms with E-state index in [0.717, 1.165) is 22.4 Å². The van der Waals surface area contributed by atoms with E-state index in [9.17, 15) is 13.2 Å². The molecule has 0 fully saturated rings. The van der Waals surface area contributed by atoms with Crippen molar-refractivity contribution in [2.24, 2.45) is 0 Å². The molecular formula is C25H28N2O3S. The second-order valence-electron chi connectivity index (χ2n) is 8.00. The van der Waals surface area contributed by atoms with E-state index < -0.39 is 10.0 Å². The van der Waals surface area contributed by atoms with Crippen LogP contribution in [0.15, 0.2) is 72.8 Å². The summed E-state index contributed by atoms with van der Waals surface area (Å²) in [5, 5.41) is 2.96. The highest BCUT2D eigenvalue weighted by molar-refractivity contribution is 7.92. The largest absolute Gasteiger partial charge is 0.322 e. The van der Waals surface area contributed by atoms with E-state index in [2.05, 4.69) is 19.2 Å². The van der Waals surface area contributed by atoms with Crippen molar-refractivity contribution in [2.45, 2.75) is 33.2 Å². The third kappa shape index (κ3) is 5.73. The summed E-state index contributed by atoms with van der Waals surface area (Å²) >= 11 is 0. The summed E-state index contributed by atoms with van der Waals surface area (Å²) in [6.45, 7) is 6.37. The van der Waals surface area contributed by atoms with Gasteiger partial charge in [0.1, 0.15) is 0 Å². The summed E-state index contributed by atoms with van der Waals surface area (Å²) in [5.74, 6) is 0.0491. The Hall–Kier alpha value is -3.12. The van der Waals surface area contributed by atoms with Crippen molar-refractivity contribution >= 4 is 27.3 Å². The number of para-hydroxylation sites is 1.